The van der Waals surface area contributed by atoms with Gasteiger partial charge in [0.1, 0.15) is 0 Å². The van der Waals surface area contributed by atoms with Crippen LogP contribution >= 0.6 is 0 Å². The molecule has 1 aromatic carbocycles. The van der Waals surface area contributed by atoms with Gasteiger partial charge in [-0.25, -0.2) is 0 Å². The fraction of sp³-hybridized carbons (Fsp3) is 0.647. The summed E-state index contributed by atoms with van der Waals surface area (Å²) in [6, 6.07) is 7.32. The van der Waals surface area contributed by atoms with E-state index >= 15 is 0 Å². The number of methoxy groups -OCH3 is 1. The quantitative estimate of drug-likeness (QED) is 0.811. The van der Waals surface area contributed by atoms with E-state index in [-0.39, 0.29) is 5.60 Å². The number of nitrogens with one attached hydrogen (secondary N) is 1. The van der Waals surface area contributed by atoms with E-state index in [0.29, 0.717) is 6.04 Å². The zero-order valence-corrected chi connectivity index (χ0v) is 13.3. The molecule has 0 heterocycles. The van der Waals surface area contributed by atoms with Gasteiger partial charge in [-0.1, -0.05) is 29.3 Å². The van der Waals surface area contributed by atoms with Gasteiger partial charge < -0.3 is 10.1 Å². The predicted molar refractivity (Wildman–Crippen MR) is 82.8 cm³/mol. The van der Waals surface area contributed by atoms with Crippen LogP contribution in [0.3, 0.4) is 0 Å². The molecule has 2 nitrogen and oxygen atoms in total. The number of rotatable bonds is 7. The standard InChI is InChI=1S/C17H29NO/c1-13-9-14(2)11-15(10-13)12-16(18-5)7-8-17(3,4)19-6/h9-11,16,18H,7-8,12H2,1-6H3. The normalized spacial score (nSPS) is 13.6. The van der Waals surface area contributed by atoms with Crippen LogP contribution in [0.5, 0.6) is 0 Å². The van der Waals surface area contributed by atoms with Crippen molar-refractivity contribution in [3.63, 3.8) is 0 Å². The van der Waals surface area contributed by atoms with Gasteiger partial charge in [0.15, 0.2) is 0 Å². The monoisotopic (exact) mass is 263 g/mol. The third-order valence-electron chi connectivity index (χ3n) is 3.82. The van der Waals surface area contributed by atoms with E-state index in [1.807, 2.05) is 7.05 Å². The second-order valence-electron chi connectivity index (χ2n) is 6.19. The molecule has 1 atom stereocenters. The molecule has 0 aliphatic carbocycles. The molecule has 0 fully saturated rings. The molecule has 0 aliphatic rings. The Morgan fingerprint density at radius 1 is 1.16 bits per heavy atom. The smallest absolute Gasteiger partial charge is 0.0623 e. The molecule has 1 N–H and O–H groups in total. The van der Waals surface area contributed by atoms with Gasteiger partial charge in [0, 0.05) is 13.2 Å². The number of ether oxygens (including phenoxy) is 1. The Hall–Kier alpha value is -0.860. The van der Waals surface area contributed by atoms with Crippen LogP contribution in [-0.2, 0) is 11.2 Å². The molecule has 2 heteroatoms. The number of aryl methyl sites for hydroxylation is 2. The summed E-state index contributed by atoms with van der Waals surface area (Å²) in [7, 11) is 3.84. The van der Waals surface area contributed by atoms with Gasteiger partial charge in [0.05, 0.1) is 5.60 Å². The maximum atomic E-state index is 5.49. The zero-order valence-electron chi connectivity index (χ0n) is 13.3. The maximum Gasteiger partial charge on any atom is 0.0623 e. The predicted octanol–water partition coefficient (Wildman–Crippen LogP) is 3.64. The highest BCUT2D eigenvalue weighted by atomic mass is 16.5. The minimum absolute atomic E-state index is 0.0301. The van der Waals surface area contributed by atoms with Crippen LogP contribution in [-0.4, -0.2) is 25.8 Å². The van der Waals surface area contributed by atoms with Crippen LogP contribution in [0.4, 0.5) is 0 Å². The fourth-order valence-corrected chi connectivity index (χ4v) is 2.44. The second kappa shape index (κ2) is 7.06. The van der Waals surface area contributed by atoms with Crippen molar-refractivity contribution in [2.75, 3.05) is 14.2 Å². The molecule has 0 amide bonds. The molecular weight excluding hydrogens is 234 g/mol. The summed E-state index contributed by atoms with van der Waals surface area (Å²) in [5, 5.41) is 3.43. The molecule has 108 valence electrons. The Bertz CT molecular complexity index is 378. The van der Waals surface area contributed by atoms with Crippen molar-refractivity contribution in [2.45, 2.75) is 58.6 Å². The van der Waals surface area contributed by atoms with E-state index in [4.69, 9.17) is 4.74 Å². The molecule has 0 saturated carbocycles. The van der Waals surface area contributed by atoms with Crippen molar-refractivity contribution in [1.82, 2.24) is 5.32 Å². The van der Waals surface area contributed by atoms with Crippen molar-refractivity contribution in [3.8, 4) is 0 Å². The summed E-state index contributed by atoms with van der Waals surface area (Å²) in [5.74, 6) is 0. The van der Waals surface area contributed by atoms with E-state index in [9.17, 15) is 0 Å². The first-order valence-electron chi connectivity index (χ1n) is 7.16. The fourth-order valence-electron chi connectivity index (χ4n) is 2.44. The SMILES string of the molecule is CNC(CCC(C)(C)OC)Cc1cc(C)cc(C)c1. The first-order chi connectivity index (χ1) is 8.86. The van der Waals surface area contributed by atoms with Crippen LogP contribution < -0.4 is 5.32 Å². The first-order valence-corrected chi connectivity index (χ1v) is 7.16. The summed E-state index contributed by atoms with van der Waals surface area (Å²) in [6.07, 6.45) is 3.28. The Labute approximate surface area is 118 Å². The number of benzene rings is 1. The Morgan fingerprint density at radius 3 is 2.21 bits per heavy atom. The van der Waals surface area contributed by atoms with Crippen molar-refractivity contribution in [2.24, 2.45) is 0 Å². The summed E-state index contributed by atoms with van der Waals surface area (Å²) in [4.78, 5) is 0. The number of hydrogen-bond donors (Lipinski definition) is 1. The van der Waals surface area contributed by atoms with Crippen LogP contribution in [0.1, 0.15) is 43.4 Å². The molecular formula is C17H29NO. The van der Waals surface area contributed by atoms with Gasteiger partial charge in [-0.3, -0.25) is 0 Å². The lowest BCUT2D eigenvalue weighted by Crippen LogP contribution is -2.32. The average molecular weight is 263 g/mol. The van der Waals surface area contributed by atoms with Crippen LogP contribution in [0.15, 0.2) is 18.2 Å². The largest absolute Gasteiger partial charge is 0.379 e. The Kier molecular flexibility index (Phi) is 6.02. The second-order valence-corrected chi connectivity index (χ2v) is 6.19. The summed E-state index contributed by atoms with van der Waals surface area (Å²) >= 11 is 0. The zero-order chi connectivity index (χ0) is 14.5. The maximum absolute atomic E-state index is 5.49. The van der Waals surface area contributed by atoms with Crippen molar-refractivity contribution >= 4 is 0 Å². The molecule has 0 bridgehead atoms. The van der Waals surface area contributed by atoms with Gasteiger partial charge >= 0.3 is 0 Å². The summed E-state index contributed by atoms with van der Waals surface area (Å²) in [5.41, 5.74) is 4.09. The molecule has 1 aromatic rings. The molecule has 1 unspecified atom stereocenters. The third kappa shape index (κ3) is 5.75. The minimum atomic E-state index is -0.0301. The lowest BCUT2D eigenvalue weighted by atomic mass is 9.94. The number of hydrogen-bond acceptors (Lipinski definition) is 2. The lowest BCUT2D eigenvalue weighted by Gasteiger charge is -2.26. The molecule has 1 rings (SSSR count). The summed E-state index contributed by atoms with van der Waals surface area (Å²) in [6.45, 7) is 8.63. The third-order valence-corrected chi connectivity index (χ3v) is 3.82. The molecule has 0 aromatic heterocycles. The van der Waals surface area contributed by atoms with Crippen molar-refractivity contribution in [1.29, 1.82) is 0 Å². The van der Waals surface area contributed by atoms with Gasteiger partial charge in [0.25, 0.3) is 0 Å². The molecule has 19 heavy (non-hydrogen) atoms. The van der Waals surface area contributed by atoms with E-state index in [1.54, 1.807) is 7.11 Å². The molecule has 0 aliphatic heterocycles. The van der Waals surface area contributed by atoms with Crippen LogP contribution in [0.2, 0.25) is 0 Å². The molecule has 0 saturated heterocycles. The van der Waals surface area contributed by atoms with E-state index in [1.165, 1.54) is 16.7 Å². The van der Waals surface area contributed by atoms with E-state index in [2.05, 4.69) is 51.2 Å². The first kappa shape index (κ1) is 16.2. The van der Waals surface area contributed by atoms with Gasteiger partial charge in [-0.2, -0.15) is 0 Å². The highest BCUT2D eigenvalue weighted by molar-refractivity contribution is 5.29. The van der Waals surface area contributed by atoms with Gasteiger partial charge in [-0.05, 0) is 59.6 Å². The highest BCUT2D eigenvalue weighted by Crippen LogP contribution is 2.19. The van der Waals surface area contributed by atoms with Crippen molar-refractivity contribution < 1.29 is 4.74 Å². The van der Waals surface area contributed by atoms with Crippen molar-refractivity contribution in [3.05, 3.63) is 34.9 Å². The van der Waals surface area contributed by atoms with E-state index in [0.717, 1.165) is 19.3 Å². The van der Waals surface area contributed by atoms with Crippen LogP contribution in [0, 0.1) is 13.8 Å². The van der Waals surface area contributed by atoms with Gasteiger partial charge in [0.2, 0.25) is 0 Å². The Balaban J connectivity index is 2.61. The average Bonchev–Trinajstić information content (AvgIpc) is 2.33. The van der Waals surface area contributed by atoms with Crippen LogP contribution in [0.25, 0.3) is 0 Å². The molecule has 0 spiro atoms. The van der Waals surface area contributed by atoms with Gasteiger partial charge in [-0.15, -0.1) is 0 Å². The summed E-state index contributed by atoms with van der Waals surface area (Å²) < 4.78 is 5.49. The lowest BCUT2D eigenvalue weighted by molar-refractivity contribution is 0.0119. The topological polar surface area (TPSA) is 21.3 Å². The number of likely N-dealkylation sites (N-methyl/N-ethyl adjacent to an activating group) is 1. The Morgan fingerprint density at radius 2 is 1.74 bits per heavy atom. The van der Waals surface area contributed by atoms with E-state index < -0.39 is 0 Å². The highest BCUT2D eigenvalue weighted by Gasteiger charge is 2.18. The minimum Gasteiger partial charge on any atom is -0.379 e. The molecule has 0 radical (unpaired) electrons.